The average Bonchev–Trinajstić information content (AvgIpc) is 2.37. The number of thiocarbonyl (C=S) groups is 1. The van der Waals surface area contributed by atoms with Gasteiger partial charge in [0, 0.05) is 38.4 Å². The van der Waals surface area contributed by atoms with Crippen molar-refractivity contribution in [1.29, 1.82) is 0 Å². The van der Waals surface area contributed by atoms with Crippen LogP contribution in [0, 0.1) is 0 Å². The minimum absolute atomic E-state index is 0.828. The first-order valence-corrected chi connectivity index (χ1v) is 6.53. The monoisotopic (exact) mass is 251 g/mol. The van der Waals surface area contributed by atoms with E-state index in [2.05, 4.69) is 22.1 Å². The normalized spacial score (nSPS) is 10.0. The first-order chi connectivity index (χ1) is 8.24. The zero-order valence-corrected chi connectivity index (χ0v) is 11.5. The van der Waals surface area contributed by atoms with Gasteiger partial charge < -0.3 is 10.2 Å². The maximum Gasteiger partial charge on any atom is 0.168 e. The number of nitrogens with one attached hydrogen (secondary N) is 1. The summed E-state index contributed by atoms with van der Waals surface area (Å²) in [6.45, 7) is 4.04. The summed E-state index contributed by atoms with van der Waals surface area (Å²) in [5.41, 5.74) is 1.11. The summed E-state index contributed by atoms with van der Waals surface area (Å²) < 4.78 is 0. The van der Waals surface area contributed by atoms with Gasteiger partial charge in [-0.15, -0.1) is 0 Å². The molecule has 94 valence electrons. The maximum absolute atomic E-state index is 5.30. The summed E-state index contributed by atoms with van der Waals surface area (Å²) >= 11 is 5.30. The summed E-state index contributed by atoms with van der Waals surface area (Å²) in [5, 5.41) is 4.08. The van der Waals surface area contributed by atoms with Crippen molar-refractivity contribution in [2.75, 3.05) is 20.1 Å². The molecule has 1 N–H and O–H groups in total. The molecule has 0 unspecified atom stereocenters. The van der Waals surface area contributed by atoms with Gasteiger partial charge in [0.2, 0.25) is 0 Å². The molecule has 0 aliphatic heterocycles. The Bertz CT molecular complexity index is 327. The van der Waals surface area contributed by atoms with Crippen molar-refractivity contribution in [1.82, 2.24) is 15.2 Å². The van der Waals surface area contributed by atoms with Crippen LogP contribution in [0.4, 0.5) is 0 Å². The molecule has 0 fully saturated rings. The van der Waals surface area contributed by atoms with Crippen molar-refractivity contribution >= 4 is 17.3 Å². The minimum atomic E-state index is 0.828. The molecule has 1 rings (SSSR count). The third-order valence-electron chi connectivity index (χ3n) is 2.58. The van der Waals surface area contributed by atoms with Crippen LogP contribution < -0.4 is 5.32 Å². The summed E-state index contributed by atoms with van der Waals surface area (Å²) in [4.78, 5) is 6.36. The van der Waals surface area contributed by atoms with Gasteiger partial charge in [-0.3, -0.25) is 4.98 Å². The van der Waals surface area contributed by atoms with E-state index in [4.69, 9.17) is 12.2 Å². The lowest BCUT2D eigenvalue weighted by Crippen LogP contribution is -2.38. The summed E-state index contributed by atoms with van der Waals surface area (Å²) in [6.07, 6.45) is 5.10. The molecule has 0 aromatic carbocycles. The van der Waals surface area contributed by atoms with Crippen molar-refractivity contribution in [2.24, 2.45) is 0 Å². The van der Waals surface area contributed by atoms with Gasteiger partial charge in [0.15, 0.2) is 5.11 Å². The number of rotatable bonds is 6. The van der Waals surface area contributed by atoms with Crippen LogP contribution in [-0.2, 0) is 6.42 Å². The number of unbranched alkanes of at least 4 members (excludes halogenated alkanes) is 1. The van der Waals surface area contributed by atoms with Gasteiger partial charge in [-0.2, -0.15) is 0 Å². The molecule has 1 aromatic heterocycles. The smallest absolute Gasteiger partial charge is 0.168 e. The van der Waals surface area contributed by atoms with Crippen molar-refractivity contribution in [3.8, 4) is 0 Å². The largest absolute Gasteiger partial charge is 0.363 e. The summed E-state index contributed by atoms with van der Waals surface area (Å²) in [6, 6.07) is 5.99. The van der Waals surface area contributed by atoms with Crippen LogP contribution >= 0.6 is 12.2 Å². The second-order valence-corrected chi connectivity index (χ2v) is 4.46. The van der Waals surface area contributed by atoms with E-state index in [9.17, 15) is 0 Å². The Labute approximate surface area is 109 Å². The van der Waals surface area contributed by atoms with Gasteiger partial charge in [0.25, 0.3) is 0 Å². The van der Waals surface area contributed by atoms with E-state index in [0.29, 0.717) is 0 Å². The van der Waals surface area contributed by atoms with Crippen LogP contribution in [0.15, 0.2) is 24.4 Å². The highest BCUT2D eigenvalue weighted by Gasteiger charge is 2.03. The van der Waals surface area contributed by atoms with Crippen LogP contribution in [0.25, 0.3) is 0 Å². The Morgan fingerprint density at radius 3 is 2.94 bits per heavy atom. The van der Waals surface area contributed by atoms with Crippen LogP contribution in [0.3, 0.4) is 0 Å². The molecule has 0 saturated carbocycles. The molecular weight excluding hydrogens is 230 g/mol. The van der Waals surface area contributed by atoms with Gasteiger partial charge >= 0.3 is 0 Å². The number of pyridine rings is 1. The van der Waals surface area contributed by atoms with E-state index in [1.54, 1.807) is 0 Å². The van der Waals surface area contributed by atoms with Crippen LogP contribution in [0.5, 0.6) is 0 Å². The van der Waals surface area contributed by atoms with Gasteiger partial charge in [0.05, 0.1) is 0 Å². The molecule has 0 aliphatic carbocycles. The Morgan fingerprint density at radius 1 is 1.47 bits per heavy atom. The fraction of sp³-hybridized carbons (Fsp3) is 0.538. The van der Waals surface area contributed by atoms with Gasteiger partial charge in [0.1, 0.15) is 0 Å². The molecule has 0 atom stereocenters. The SMILES string of the molecule is CCCCNC(=S)N(C)CCc1ccccn1. The van der Waals surface area contributed by atoms with E-state index < -0.39 is 0 Å². The number of nitrogens with zero attached hydrogens (tertiary/aromatic N) is 2. The van der Waals surface area contributed by atoms with Crippen molar-refractivity contribution in [3.63, 3.8) is 0 Å². The second kappa shape index (κ2) is 8.01. The maximum atomic E-state index is 5.30. The zero-order valence-electron chi connectivity index (χ0n) is 10.6. The van der Waals surface area contributed by atoms with Crippen LogP contribution in [0.2, 0.25) is 0 Å². The summed E-state index contributed by atoms with van der Waals surface area (Å²) in [5.74, 6) is 0. The Hall–Kier alpha value is -1.16. The first kappa shape index (κ1) is 13.9. The molecule has 4 heteroatoms. The zero-order chi connectivity index (χ0) is 12.5. The fourth-order valence-corrected chi connectivity index (χ4v) is 1.63. The molecule has 0 aliphatic rings. The molecule has 1 aromatic rings. The number of hydrogen-bond donors (Lipinski definition) is 1. The van der Waals surface area contributed by atoms with E-state index in [-0.39, 0.29) is 0 Å². The molecule has 0 bridgehead atoms. The lowest BCUT2D eigenvalue weighted by Gasteiger charge is -2.20. The van der Waals surface area contributed by atoms with Crippen molar-refractivity contribution < 1.29 is 0 Å². The van der Waals surface area contributed by atoms with E-state index in [0.717, 1.165) is 36.7 Å². The third kappa shape index (κ3) is 5.63. The lowest BCUT2D eigenvalue weighted by atomic mass is 10.2. The molecule has 0 amide bonds. The molecule has 0 saturated heterocycles. The van der Waals surface area contributed by atoms with E-state index in [1.807, 2.05) is 31.4 Å². The number of likely N-dealkylation sites (N-methyl/N-ethyl adjacent to an activating group) is 1. The predicted octanol–water partition coefficient (Wildman–Crippen LogP) is 2.23. The molecule has 0 spiro atoms. The van der Waals surface area contributed by atoms with Crippen molar-refractivity contribution in [3.05, 3.63) is 30.1 Å². The molecule has 3 nitrogen and oxygen atoms in total. The highest BCUT2D eigenvalue weighted by Crippen LogP contribution is 1.97. The molecule has 0 radical (unpaired) electrons. The van der Waals surface area contributed by atoms with Gasteiger partial charge in [-0.05, 0) is 30.8 Å². The molecule has 1 heterocycles. The highest BCUT2D eigenvalue weighted by molar-refractivity contribution is 7.80. The van der Waals surface area contributed by atoms with Gasteiger partial charge in [-0.25, -0.2) is 0 Å². The summed E-state index contributed by atoms with van der Waals surface area (Å²) in [7, 11) is 2.02. The number of aromatic nitrogens is 1. The average molecular weight is 251 g/mol. The highest BCUT2D eigenvalue weighted by atomic mass is 32.1. The predicted molar refractivity (Wildman–Crippen MR) is 76.1 cm³/mol. The lowest BCUT2D eigenvalue weighted by molar-refractivity contribution is 0.492. The Balaban J connectivity index is 2.24. The quantitative estimate of drug-likeness (QED) is 0.620. The second-order valence-electron chi connectivity index (χ2n) is 4.08. The van der Waals surface area contributed by atoms with Crippen LogP contribution in [0.1, 0.15) is 25.5 Å². The number of hydrogen-bond acceptors (Lipinski definition) is 2. The van der Waals surface area contributed by atoms with E-state index >= 15 is 0 Å². The molecule has 17 heavy (non-hydrogen) atoms. The standard InChI is InChI=1S/C13H21N3S/c1-3-4-9-15-13(17)16(2)11-8-12-7-5-6-10-14-12/h5-7,10H,3-4,8-9,11H2,1-2H3,(H,15,17). The fourth-order valence-electron chi connectivity index (χ4n) is 1.44. The Kier molecular flexibility index (Phi) is 6.55. The minimum Gasteiger partial charge on any atom is -0.363 e. The van der Waals surface area contributed by atoms with E-state index in [1.165, 1.54) is 6.42 Å². The van der Waals surface area contributed by atoms with Crippen molar-refractivity contribution in [2.45, 2.75) is 26.2 Å². The Morgan fingerprint density at radius 2 is 2.29 bits per heavy atom. The topological polar surface area (TPSA) is 28.2 Å². The van der Waals surface area contributed by atoms with Gasteiger partial charge in [-0.1, -0.05) is 19.4 Å². The third-order valence-corrected chi connectivity index (χ3v) is 3.04. The first-order valence-electron chi connectivity index (χ1n) is 6.13. The molecular formula is C13H21N3S. The van der Waals surface area contributed by atoms with Crippen LogP contribution in [-0.4, -0.2) is 35.1 Å².